The molecule has 2 aliphatic heterocycles. The summed E-state index contributed by atoms with van der Waals surface area (Å²) in [6.07, 6.45) is 7.98. The van der Waals surface area contributed by atoms with E-state index in [4.69, 9.17) is 26.2 Å². The van der Waals surface area contributed by atoms with Gasteiger partial charge in [-0.15, -0.1) is 0 Å². The number of hydrazone groups is 1. The molecule has 2 atom stereocenters. The Kier molecular flexibility index (Phi) is 8.78. The van der Waals surface area contributed by atoms with Crippen molar-refractivity contribution in [1.82, 2.24) is 5.01 Å². The topological polar surface area (TPSA) is 34.1 Å². The second-order valence-corrected chi connectivity index (χ2v) is 11.8. The molecule has 0 amide bonds. The smallest absolute Gasteiger partial charge is 0.213 e. The molecule has 7 heteroatoms. The summed E-state index contributed by atoms with van der Waals surface area (Å²) in [6, 6.07) is 20.4. The second-order valence-electron chi connectivity index (χ2n) is 9.61. The van der Waals surface area contributed by atoms with E-state index in [0.29, 0.717) is 0 Å². The zero-order chi connectivity index (χ0) is 25.8. The first-order valence-electron chi connectivity index (χ1n) is 13.0. The number of ether oxygens (including phenoxy) is 2. The molecular weight excluding hydrogens is 616 g/mol. The average Bonchev–Trinajstić information content (AvgIpc) is 3.35. The van der Waals surface area contributed by atoms with Crippen LogP contribution < -0.4 is 9.47 Å². The van der Waals surface area contributed by atoms with Crippen molar-refractivity contribution in [2.24, 2.45) is 5.10 Å². The van der Waals surface area contributed by atoms with Gasteiger partial charge in [0.1, 0.15) is 11.5 Å². The standard InChI is InChI=1S/C30H31Br2ClN2O2/c1-2-3-4-5-6-7-16-36-24-14-10-21(11-15-24)30-35-28(25-17-22(31)18-26(32)29(25)37-30)19-27(34-35)20-8-12-23(33)13-9-20/h8-15,17-18,28,30H,2-7,16,19H2,1H3/t28-,30+/m1/s1. The first-order chi connectivity index (χ1) is 18.0. The third-order valence-corrected chi connectivity index (χ3v) is 8.22. The normalized spacial score (nSPS) is 18.2. The Labute approximate surface area is 241 Å². The molecule has 0 bridgehead atoms. The molecule has 0 saturated heterocycles. The number of nitrogens with zero attached hydrogens (tertiary/aromatic N) is 2. The van der Waals surface area contributed by atoms with Crippen molar-refractivity contribution in [2.75, 3.05) is 6.61 Å². The van der Waals surface area contributed by atoms with Crippen LogP contribution in [0.4, 0.5) is 0 Å². The van der Waals surface area contributed by atoms with Crippen molar-refractivity contribution in [3.63, 3.8) is 0 Å². The lowest BCUT2D eigenvalue weighted by molar-refractivity contribution is -0.0197. The maximum absolute atomic E-state index is 6.60. The van der Waals surface area contributed by atoms with Gasteiger partial charge in [-0.3, -0.25) is 0 Å². The molecule has 3 aromatic carbocycles. The SMILES string of the molecule is CCCCCCCCOc1ccc([C@@H]2Oc3c(Br)cc(Br)cc3[C@H]3CC(c4ccc(Cl)cc4)=NN32)cc1. The lowest BCUT2D eigenvalue weighted by atomic mass is 9.96. The molecule has 0 N–H and O–H groups in total. The summed E-state index contributed by atoms with van der Waals surface area (Å²) in [6.45, 7) is 3.00. The third kappa shape index (κ3) is 6.18. The van der Waals surface area contributed by atoms with Crippen molar-refractivity contribution in [1.29, 1.82) is 0 Å². The predicted molar refractivity (Wildman–Crippen MR) is 158 cm³/mol. The van der Waals surface area contributed by atoms with Gasteiger partial charge in [0.05, 0.1) is 22.8 Å². The highest BCUT2D eigenvalue weighted by Crippen LogP contribution is 2.51. The molecule has 0 spiro atoms. The first-order valence-corrected chi connectivity index (χ1v) is 15.0. The Bertz CT molecular complexity index is 1250. The summed E-state index contributed by atoms with van der Waals surface area (Å²) in [5.41, 5.74) is 4.26. The molecule has 4 nitrogen and oxygen atoms in total. The van der Waals surface area contributed by atoms with Crippen LogP contribution in [-0.2, 0) is 0 Å². The Balaban J connectivity index is 1.35. The molecule has 2 heterocycles. The molecule has 0 fully saturated rings. The first kappa shape index (κ1) is 26.6. The minimum Gasteiger partial charge on any atom is -0.494 e. The van der Waals surface area contributed by atoms with E-state index < -0.39 is 0 Å². The van der Waals surface area contributed by atoms with Crippen LogP contribution in [0.5, 0.6) is 11.5 Å². The Hall–Kier alpha value is -2.02. The van der Waals surface area contributed by atoms with Crippen molar-refractivity contribution in [3.05, 3.63) is 91.3 Å². The number of rotatable bonds is 10. The summed E-state index contributed by atoms with van der Waals surface area (Å²) >= 11 is 13.5. The predicted octanol–water partition coefficient (Wildman–Crippen LogP) is 9.85. The number of unbranched alkanes of at least 4 members (excludes halogenated alkanes) is 5. The van der Waals surface area contributed by atoms with Gasteiger partial charge >= 0.3 is 0 Å². The van der Waals surface area contributed by atoms with Crippen LogP contribution in [0.2, 0.25) is 5.02 Å². The van der Waals surface area contributed by atoms with Crippen molar-refractivity contribution < 1.29 is 9.47 Å². The van der Waals surface area contributed by atoms with E-state index in [9.17, 15) is 0 Å². The number of fused-ring (bicyclic) bond motifs is 3. The molecule has 5 rings (SSSR count). The summed E-state index contributed by atoms with van der Waals surface area (Å²) in [4.78, 5) is 0. The van der Waals surface area contributed by atoms with Crippen LogP contribution in [0.15, 0.2) is 74.7 Å². The van der Waals surface area contributed by atoms with Crippen LogP contribution in [0, 0.1) is 0 Å². The minimum atomic E-state index is -0.340. The van der Waals surface area contributed by atoms with Gasteiger partial charge in [0.2, 0.25) is 6.23 Å². The quantitative estimate of drug-likeness (QED) is 0.206. The van der Waals surface area contributed by atoms with Crippen LogP contribution in [0.25, 0.3) is 0 Å². The molecule has 194 valence electrons. The van der Waals surface area contributed by atoms with Crippen molar-refractivity contribution in [2.45, 2.75) is 64.1 Å². The number of hydrogen-bond donors (Lipinski definition) is 0. The van der Waals surface area contributed by atoms with Gasteiger partial charge in [0, 0.05) is 27.0 Å². The molecular formula is C30H31Br2ClN2O2. The summed E-state index contributed by atoms with van der Waals surface area (Å²) < 4.78 is 14.5. The van der Waals surface area contributed by atoms with E-state index >= 15 is 0 Å². The van der Waals surface area contributed by atoms with Crippen molar-refractivity contribution >= 4 is 49.2 Å². The van der Waals surface area contributed by atoms with Gasteiger partial charge < -0.3 is 9.47 Å². The molecule has 0 unspecified atom stereocenters. The van der Waals surface area contributed by atoms with Gasteiger partial charge in [0.25, 0.3) is 0 Å². The van der Waals surface area contributed by atoms with Gasteiger partial charge in [-0.25, -0.2) is 5.01 Å². The van der Waals surface area contributed by atoms with Gasteiger partial charge in [0.15, 0.2) is 0 Å². The van der Waals surface area contributed by atoms with Gasteiger partial charge in [-0.2, -0.15) is 5.10 Å². The molecule has 0 aromatic heterocycles. The van der Waals surface area contributed by atoms with Crippen LogP contribution >= 0.6 is 43.5 Å². The largest absolute Gasteiger partial charge is 0.494 e. The minimum absolute atomic E-state index is 0.0665. The van der Waals surface area contributed by atoms with Crippen LogP contribution in [0.1, 0.15) is 80.8 Å². The van der Waals surface area contributed by atoms with E-state index in [-0.39, 0.29) is 12.3 Å². The molecule has 0 saturated carbocycles. The van der Waals surface area contributed by atoms with E-state index in [1.54, 1.807) is 0 Å². The molecule has 0 aliphatic carbocycles. The fraction of sp³-hybridized carbons (Fsp3) is 0.367. The number of benzene rings is 3. The number of hydrogen-bond acceptors (Lipinski definition) is 4. The summed E-state index contributed by atoms with van der Waals surface area (Å²) in [5, 5.41) is 7.87. The maximum atomic E-state index is 6.60. The summed E-state index contributed by atoms with van der Waals surface area (Å²) in [7, 11) is 0. The zero-order valence-electron chi connectivity index (χ0n) is 20.9. The van der Waals surface area contributed by atoms with E-state index in [2.05, 4.69) is 62.0 Å². The second kappa shape index (κ2) is 12.2. The highest BCUT2D eigenvalue weighted by atomic mass is 79.9. The van der Waals surface area contributed by atoms with Crippen LogP contribution in [-0.4, -0.2) is 17.3 Å². The molecule has 0 radical (unpaired) electrons. The Morgan fingerprint density at radius 1 is 0.973 bits per heavy atom. The van der Waals surface area contributed by atoms with Crippen LogP contribution in [0.3, 0.4) is 0 Å². The van der Waals surface area contributed by atoms with Gasteiger partial charge in [-0.1, -0.05) is 78.7 Å². The molecule has 37 heavy (non-hydrogen) atoms. The summed E-state index contributed by atoms with van der Waals surface area (Å²) in [5.74, 6) is 1.76. The Morgan fingerprint density at radius 3 is 2.46 bits per heavy atom. The Morgan fingerprint density at radius 2 is 1.70 bits per heavy atom. The highest BCUT2D eigenvalue weighted by molar-refractivity contribution is 9.11. The molecule has 2 aliphatic rings. The van der Waals surface area contributed by atoms with E-state index in [0.717, 1.165) is 67.3 Å². The maximum Gasteiger partial charge on any atom is 0.213 e. The monoisotopic (exact) mass is 644 g/mol. The zero-order valence-corrected chi connectivity index (χ0v) is 24.9. The average molecular weight is 647 g/mol. The lowest BCUT2D eigenvalue weighted by Gasteiger charge is -2.38. The third-order valence-electron chi connectivity index (χ3n) is 6.92. The molecule has 3 aromatic rings. The van der Waals surface area contributed by atoms with Crippen molar-refractivity contribution in [3.8, 4) is 11.5 Å². The van der Waals surface area contributed by atoms with E-state index in [1.165, 1.54) is 32.1 Å². The van der Waals surface area contributed by atoms with Gasteiger partial charge in [-0.05, 0) is 76.4 Å². The van der Waals surface area contributed by atoms with E-state index in [1.807, 2.05) is 42.5 Å². The lowest BCUT2D eigenvalue weighted by Crippen LogP contribution is -2.33. The number of halogens is 3. The fourth-order valence-corrected chi connectivity index (χ4v) is 6.43. The fourth-order valence-electron chi connectivity index (χ4n) is 4.95. The highest BCUT2D eigenvalue weighted by Gasteiger charge is 2.42.